The van der Waals surface area contributed by atoms with Crippen LogP contribution in [0.25, 0.3) is 0 Å². The number of esters is 3. The summed E-state index contributed by atoms with van der Waals surface area (Å²) >= 11 is 0. The Hall–Kier alpha value is -3.93. The molecule has 1 atom stereocenters. The van der Waals surface area contributed by atoms with Crippen molar-refractivity contribution in [3.8, 4) is 0 Å². The fourth-order valence-electron chi connectivity index (χ4n) is 7.17. The number of ether oxygens (including phenoxy) is 3. The summed E-state index contributed by atoms with van der Waals surface area (Å²) < 4.78 is 16.8. The Morgan fingerprint density at radius 1 is 0.313 bits per heavy atom. The Balaban J connectivity index is 4.54. The third kappa shape index (κ3) is 52.9. The van der Waals surface area contributed by atoms with Crippen molar-refractivity contribution in [2.75, 3.05) is 13.2 Å². The van der Waals surface area contributed by atoms with Gasteiger partial charge in [0.2, 0.25) is 0 Å². The van der Waals surface area contributed by atoms with Gasteiger partial charge in [-0.05, 0) is 103 Å². The lowest BCUT2D eigenvalue weighted by molar-refractivity contribution is -0.167. The van der Waals surface area contributed by atoms with Gasteiger partial charge in [-0.2, -0.15) is 0 Å². The van der Waals surface area contributed by atoms with Crippen LogP contribution in [0, 0.1) is 0 Å². The number of rotatable bonds is 48. The number of hydrogen-bond donors (Lipinski definition) is 0. The van der Waals surface area contributed by atoms with Gasteiger partial charge in [0.1, 0.15) is 13.2 Å². The van der Waals surface area contributed by atoms with Crippen molar-refractivity contribution >= 4 is 17.9 Å². The Labute approximate surface area is 412 Å². The Bertz CT molecular complexity index is 1390. The van der Waals surface area contributed by atoms with Gasteiger partial charge in [-0.15, -0.1) is 0 Å². The zero-order chi connectivity index (χ0) is 48.6. The minimum atomic E-state index is -0.818. The van der Waals surface area contributed by atoms with E-state index < -0.39 is 6.10 Å². The van der Waals surface area contributed by atoms with Crippen LogP contribution in [0.2, 0.25) is 0 Å². The minimum absolute atomic E-state index is 0.109. The van der Waals surface area contributed by atoms with E-state index >= 15 is 0 Å². The average molecular weight is 929 g/mol. The van der Waals surface area contributed by atoms with Crippen molar-refractivity contribution in [3.05, 3.63) is 109 Å². The van der Waals surface area contributed by atoms with Gasteiger partial charge >= 0.3 is 17.9 Å². The van der Waals surface area contributed by atoms with Gasteiger partial charge in [-0.25, -0.2) is 0 Å². The zero-order valence-corrected chi connectivity index (χ0v) is 43.4. The molecule has 0 aromatic rings. The van der Waals surface area contributed by atoms with Crippen molar-refractivity contribution in [1.82, 2.24) is 0 Å². The molecule has 0 aromatic heterocycles. The van der Waals surface area contributed by atoms with Gasteiger partial charge in [0, 0.05) is 19.3 Å². The summed E-state index contributed by atoms with van der Waals surface area (Å²) in [5, 5.41) is 0. The molecule has 67 heavy (non-hydrogen) atoms. The Kier molecular flexibility index (Phi) is 51.5. The monoisotopic (exact) mass is 929 g/mol. The zero-order valence-electron chi connectivity index (χ0n) is 43.4. The Morgan fingerprint density at radius 2 is 0.597 bits per heavy atom. The smallest absolute Gasteiger partial charge is 0.306 e. The normalized spacial score (nSPS) is 12.9. The molecule has 0 aliphatic heterocycles. The molecule has 0 heterocycles. The van der Waals surface area contributed by atoms with Crippen LogP contribution in [0.15, 0.2) is 109 Å². The van der Waals surface area contributed by atoms with Crippen molar-refractivity contribution < 1.29 is 28.6 Å². The van der Waals surface area contributed by atoms with Gasteiger partial charge in [0.05, 0.1) is 0 Å². The molecule has 0 aromatic carbocycles. The van der Waals surface area contributed by atoms with Crippen LogP contribution in [-0.2, 0) is 28.6 Å². The van der Waals surface area contributed by atoms with Crippen molar-refractivity contribution in [2.24, 2.45) is 0 Å². The van der Waals surface area contributed by atoms with Crippen molar-refractivity contribution in [1.29, 1.82) is 0 Å². The maximum Gasteiger partial charge on any atom is 0.306 e. The van der Waals surface area contributed by atoms with E-state index in [2.05, 4.69) is 130 Å². The predicted molar refractivity (Wildman–Crippen MR) is 288 cm³/mol. The van der Waals surface area contributed by atoms with E-state index in [0.29, 0.717) is 19.3 Å². The second-order valence-electron chi connectivity index (χ2n) is 17.8. The van der Waals surface area contributed by atoms with E-state index in [9.17, 15) is 14.4 Å². The SMILES string of the molecule is CC/C=C\C/C=C\C/C=C\C/C=C\C/C=C\CCCCCC(=O)O[C@H](COC(=O)CCC/C=C\C/C=C\C/C=C\C/C=C\CCCCC)COC(=O)CCCCCCCCCCCCCCC. The number of carbonyl (C=O) groups excluding carboxylic acids is 3. The maximum absolute atomic E-state index is 12.8. The topological polar surface area (TPSA) is 78.9 Å². The van der Waals surface area contributed by atoms with Crippen LogP contribution >= 0.6 is 0 Å². The van der Waals surface area contributed by atoms with E-state index in [0.717, 1.165) is 96.3 Å². The fraction of sp³-hybridized carbons (Fsp3) is 0.656. The molecule has 0 fully saturated rings. The lowest BCUT2D eigenvalue weighted by atomic mass is 10.0. The van der Waals surface area contributed by atoms with Crippen molar-refractivity contribution in [3.63, 3.8) is 0 Å². The third-order valence-electron chi connectivity index (χ3n) is 11.3. The molecule has 0 spiro atoms. The molecule has 0 radical (unpaired) electrons. The standard InChI is InChI=1S/C61H100O6/c1-4-7-10-13-16-19-22-25-27-29-30-32-34-37-40-43-46-49-52-55-61(64)67-58(56-65-59(62)53-50-47-44-41-38-35-24-21-18-15-12-9-6-3)57-66-60(63)54-51-48-45-42-39-36-33-31-28-26-23-20-17-14-11-8-5-2/h7,10,16-17,19-20,25-28,30,32-33,36-37,40,42,45,58H,4-6,8-9,11-15,18,21-24,29,31,34-35,38-39,41,43-44,46-57H2,1-3H3/b10-7-,19-16-,20-17-,27-25-,28-26-,32-30-,36-33-,40-37-,45-42-/t58-/m0/s1. The van der Waals surface area contributed by atoms with Gasteiger partial charge in [-0.1, -0.05) is 226 Å². The van der Waals surface area contributed by atoms with E-state index in [1.807, 2.05) is 0 Å². The van der Waals surface area contributed by atoms with E-state index in [1.165, 1.54) is 89.9 Å². The molecule has 0 aliphatic carbocycles. The average Bonchev–Trinajstić information content (AvgIpc) is 3.33. The van der Waals surface area contributed by atoms with Gasteiger partial charge in [0.25, 0.3) is 0 Å². The molecule has 0 amide bonds. The summed E-state index contributed by atoms with van der Waals surface area (Å²) in [5.41, 5.74) is 0. The molecule has 0 unspecified atom stereocenters. The van der Waals surface area contributed by atoms with Crippen LogP contribution in [0.3, 0.4) is 0 Å². The fourth-order valence-corrected chi connectivity index (χ4v) is 7.17. The van der Waals surface area contributed by atoms with E-state index in [4.69, 9.17) is 14.2 Å². The molecule has 0 N–H and O–H groups in total. The summed E-state index contributed by atoms with van der Waals surface area (Å²) in [6.07, 6.45) is 73.6. The van der Waals surface area contributed by atoms with Crippen molar-refractivity contribution in [2.45, 2.75) is 245 Å². The van der Waals surface area contributed by atoms with Crippen LogP contribution < -0.4 is 0 Å². The summed E-state index contributed by atoms with van der Waals surface area (Å²) in [4.78, 5) is 38.1. The third-order valence-corrected chi connectivity index (χ3v) is 11.3. The first-order valence-corrected chi connectivity index (χ1v) is 27.4. The maximum atomic E-state index is 12.8. The van der Waals surface area contributed by atoms with Crippen LogP contribution in [0.1, 0.15) is 239 Å². The molecular weight excluding hydrogens is 829 g/mol. The summed E-state index contributed by atoms with van der Waals surface area (Å²) in [5.74, 6) is -1.00. The largest absolute Gasteiger partial charge is 0.462 e. The molecule has 6 heteroatoms. The van der Waals surface area contributed by atoms with Gasteiger partial charge in [0.15, 0.2) is 6.10 Å². The number of hydrogen-bond acceptors (Lipinski definition) is 6. The number of carbonyl (C=O) groups is 3. The van der Waals surface area contributed by atoms with Crippen LogP contribution in [0.4, 0.5) is 0 Å². The highest BCUT2D eigenvalue weighted by Crippen LogP contribution is 2.14. The molecule has 0 bridgehead atoms. The molecule has 0 saturated carbocycles. The lowest BCUT2D eigenvalue weighted by Crippen LogP contribution is -2.30. The summed E-state index contributed by atoms with van der Waals surface area (Å²) in [7, 11) is 0. The van der Waals surface area contributed by atoms with E-state index in [1.54, 1.807) is 0 Å². The highest BCUT2D eigenvalue weighted by atomic mass is 16.6. The highest BCUT2D eigenvalue weighted by molar-refractivity contribution is 5.71. The first kappa shape index (κ1) is 63.1. The number of allylic oxidation sites excluding steroid dienone is 18. The molecule has 380 valence electrons. The van der Waals surface area contributed by atoms with Crippen LogP contribution in [0.5, 0.6) is 0 Å². The summed E-state index contributed by atoms with van der Waals surface area (Å²) in [6, 6.07) is 0. The first-order valence-electron chi connectivity index (χ1n) is 27.4. The molecular formula is C61H100O6. The van der Waals surface area contributed by atoms with Crippen LogP contribution in [-0.4, -0.2) is 37.2 Å². The first-order chi connectivity index (χ1) is 33.0. The molecule has 0 rings (SSSR count). The predicted octanol–water partition coefficient (Wildman–Crippen LogP) is 18.3. The second-order valence-corrected chi connectivity index (χ2v) is 17.8. The number of unbranched alkanes of at least 4 members (excludes halogenated alkanes) is 19. The summed E-state index contributed by atoms with van der Waals surface area (Å²) in [6.45, 7) is 6.42. The molecule has 0 aliphatic rings. The quantitative estimate of drug-likeness (QED) is 0.0262. The van der Waals surface area contributed by atoms with E-state index in [-0.39, 0.29) is 44.0 Å². The molecule has 0 saturated heterocycles. The second kappa shape index (κ2) is 54.7. The van der Waals surface area contributed by atoms with Gasteiger partial charge in [-0.3, -0.25) is 14.4 Å². The highest BCUT2D eigenvalue weighted by Gasteiger charge is 2.19. The lowest BCUT2D eigenvalue weighted by Gasteiger charge is -2.18. The molecule has 6 nitrogen and oxygen atoms in total. The minimum Gasteiger partial charge on any atom is -0.462 e. The van der Waals surface area contributed by atoms with Gasteiger partial charge < -0.3 is 14.2 Å². The Morgan fingerprint density at radius 3 is 1.00 bits per heavy atom.